The van der Waals surface area contributed by atoms with Crippen LogP contribution >= 0.6 is 11.8 Å². The van der Waals surface area contributed by atoms with Gasteiger partial charge in [0.25, 0.3) is 11.1 Å². The Bertz CT molecular complexity index is 925. The number of nitrogens with zero attached hydrogens (tertiary/aromatic N) is 2. The summed E-state index contributed by atoms with van der Waals surface area (Å²) in [5, 5.41) is 11.1. The third-order valence-electron chi connectivity index (χ3n) is 4.06. The number of carbonyl (C=O) groups excluding carboxylic acids is 1. The van der Waals surface area contributed by atoms with Crippen LogP contribution in [0.3, 0.4) is 0 Å². The van der Waals surface area contributed by atoms with Crippen molar-refractivity contribution >= 4 is 17.7 Å². The summed E-state index contributed by atoms with van der Waals surface area (Å²) in [7, 11) is 0. The van der Waals surface area contributed by atoms with E-state index in [0.29, 0.717) is 30.0 Å². The van der Waals surface area contributed by atoms with Gasteiger partial charge in [0.15, 0.2) is 0 Å². The van der Waals surface area contributed by atoms with Crippen molar-refractivity contribution in [2.24, 2.45) is 0 Å². The molecule has 3 rings (SSSR count). The third-order valence-corrected chi connectivity index (χ3v) is 4.99. The van der Waals surface area contributed by atoms with Crippen molar-refractivity contribution in [3.05, 3.63) is 59.7 Å². The summed E-state index contributed by atoms with van der Waals surface area (Å²) < 4.78 is 11.3. The van der Waals surface area contributed by atoms with Crippen molar-refractivity contribution in [1.29, 1.82) is 0 Å². The zero-order chi connectivity index (χ0) is 19.9. The van der Waals surface area contributed by atoms with Gasteiger partial charge in [-0.15, -0.1) is 10.2 Å². The first-order valence-electron chi connectivity index (χ1n) is 9.12. The monoisotopic (exact) mass is 397 g/mol. The minimum atomic E-state index is -0.360. The fourth-order valence-corrected chi connectivity index (χ4v) is 3.24. The molecular weight excluding hydrogens is 374 g/mol. The van der Waals surface area contributed by atoms with Crippen LogP contribution in [-0.4, -0.2) is 28.0 Å². The molecule has 6 nitrogen and oxygen atoms in total. The molecule has 0 aliphatic carbocycles. The maximum absolute atomic E-state index is 12.4. The summed E-state index contributed by atoms with van der Waals surface area (Å²) in [4.78, 5) is 12.4. The number of aromatic nitrogens is 2. The lowest BCUT2D eigenvalue weighted by Gasteiger charge is -2.10. The standard InChI is InChI=1S/C21H23N3O3S/c1-4-26-18-8-6-5-7-17(18)20-23-24-21(27-20)28-15(3)19(25)22-13-16-11-9-14(2)10-12-16/h5-12,15H,4,13H2,1-3H3,(H,22,25). The molecule has 3 aromatic rings. The summed E-state index contributed by atoms with van der Waals surface area (Å²) >= 11 is 1.23. The Labute approximate surface area is 168 Å². The van der Waals surface area contributed by atoms with Crippen LogP contribution in [0.15, 0.2) is 58.2 Å². The minimum absolute atomic E-state index is 0.0833. The van der Waals surface area contributed by atoms with Crippen molar-refractivity contribution in [3.63, 3.8) is 0 Å². The van der Waals surface area contributed by atoms with Crippen molar-refractivity contribution < 1.29 is 13.9 Å². The average molecular weight is 398 g/mol. The van der Waals surface area contributed by atoms with E-state index in [9.17, 15) is 4.79 Å². The van der Waals surface area contributed by atoms with Crippen molar-refractivity contribution in [3.8, 4) is 17.2 Å². The fourth-order valence-electron chi connectivity index (χ4n) is 2.53. The minimum Gasteiger partial charge on any atom is -0.493 e. The van der Waals surface area contributed by atoms with Crippen LogP contribution in [0.25, 0.3) is 11.5 Å². The van der Waals surface area contributed by atoms with Crippen LogP contribution in [0.4, 0.5) is 0 Å². The molecule has 1 atom stereocenters. The maximum Gasteiger partial charge on any atom is 0.277 e. The lowest BCUT2D eigenvalue weighted by Crippen LogP contribution is -2.30. The molecule has 1 amide bonds. The lowest BCUT2D eigenvalue weighted by atomic mass is 10.1. The van der Waals surface area contributed by atoms with E-state index in [1.807, 2.05) is 69.3 Å². The largest absolute Gasteiger partial charge is 0.493 e. The van der Waals surface area contributed by atoms with Crippen LogP contribution in [0.1, 0.15) is 25.0 Å². The van der Waals surface area contributed by atoms with Gasteiger partial charge in [-0.05, 0) is 38.5 Å². The number of aryl methyl sites for hydroxylation is 1. The highest BCUT2D eigenvalue weighted by Crippen LogP contribution is 2.31. The van der Waals surface area contributed by atoms with Gasteiger partial charge in [0.05, 0.1) is 17.4 Å². The predicted molar refractivity (Wildman–Crippen MR) is 109 cm³/mol. The average Bonchev–Trinajstić information content (AvgIpc) is 3.16. The van der Waals surface area contributed by atoms with Gasteiger partial charge < -0.3 is 14.5 Å². The van der Waals surface area contributed by atoms with Crippen LogP contribution in [0, 0.1) is 6.92 Å². The number of carbonyl (C=O) groups is 1. The number of nitrogens with one attached hydrogen (secondary N) is 1. The molecule has 0 aliphatic rings. The first kappa shape index (κ1) is 19.9. The van der Waals surface area contributed by atoms with Crippen LogP contribution in [0.5, 0.6) is 5.75 Å². The van der Waals surface area contributed by atoms with E-state index >= 15 is 0 Å². The Morgan fingerprint density at radius 2 is 1.93 bits per heavy atom. The van der Waals surface area contributed by atoms with Gasteiger partial charge in [-0.1, -0.05) is 53.7 Å². The molecule has 1 N–H and O–H groups in total. The molecule has 1 heterocycles. The van der Waals surface area contributed by atoms with Gasteiger partial charge in [0.1, 0.15) is 5.75 Å². The predicted octanol–water partition coefficient (Wildman–Crippen LogP) is 4.24. The molecule has 1 aromatic heterocycles. The number of hydrogen-bond acceptors (Lipinski definition) is 6. The van der Waals surface area contributed by atoms with Gasteiger partial charge in [-0.2, -0.15) is 0 Å². The molecule has 0 radical (unpaired) electrons. The summed E-state index contributed by atoms with van der Waals surface area (Å²) in [6.45, 7) is 6.80. The molecule has 7 heteroatoms. The Morgan fingerprint density at radius 1 is 1.18 bits per heavy atom. The van der Waals surface area contributed by atoms with Crippen LogP contribution in [-0.2, 0) is 11.3 Å². The molecule has 2 aromatic carbocycles. The molecule has 28 heavy (non-hydrogen) atoms. The molecule has 0 saturated carbocycles. The Hall–Kier alpha value is -2.80. The number of amides is 1. The smallest absolute Gasteiger partial charge is 0.277 e. The molecule has 1 unspecified atom stereocenters. The molecule has 0 bridgehead atoms. The Balaban J connectivity index is 1.59. The lowest BCUT2D eigenvalue weighted by molar-refractivity contribution is -0.120. The Kier molecular flexibility index (Phi) is 6.71. The molecule has 0 aliphatic heterocycles. The van der Waals surface area contributed by atoms with E-state index in [2.05, 4.69) is 15.5 Å². The highest BCUT2D eigenvalue weighted by atomic mass is 32.2. The summed E-state index contributed by atoms with van der Waals surface area (Å²) in [5.74, 6) is 0.980. The number of ether oxygens (including phenoxy) is 1. The number of thioether (sulfide) groups is 1. The Morgan fingerprint density at radius 3 is 2.68 bits per heavy atom. The number of rotatable bonds is 8. The van der Waals surface area contributed by atoms with Gasteiger partial charge in [0.2, 0.25) is 5.91 Å². The first-order chi connectivity index (χ1) is 13.6. The summed E-state index contributed by atoms with van der Waals surface area (Å²) in [6.07, 6.45) is 0. The quantitative estimate of drug-likeness (QED) is 0.573. The van der Waals surface area contributed by atoms with E-state index in [-0.39, 0.29) is 11.2 Å². The number of benzene rings is 2. The summed E-state index contributed by atoms with van der Waals surface area (Å²) in [5.41, 5.74) is 2.99. The molecular formula is C21H23N3O3S. The van der Waals surface area contributed by atoms with Crippen LogP contribution in [0.2, 0.25) is 0 Å². The van der Waals surface area contributed by atoms with Gasteiger partial charge in [0, 0.05) is 6.54 Å². The molecule has 0 saturated heterocycles. The first-order valence-corrected chi connectivity index (χ1v) is 10.0. The van der Waals surface area contributed by atoms with Crippen molar-refractivity contribution in [2.75, 3.05) is 6.61 Å². The SMILES string of the molecule is CCOc1ccccc1-c1nnc(SC(C)C(=O)NCc2ccc(C)cc2)o1. The van der Waals surface area contributed by atoms with Gasteiger partial charge in [-0.3, -0.25) is 4.79 Å². The highest BCUT2D eigenvalue weighted by Gasteiger charge is 2.19. The third kappa shape index (κ3) is 5.13. The van der Waals surface area contributed by atoms with Crippen LogP contribution < -0.4 is 10.1 Å². The van der Waals surface area contributed by atoms with E-state index in [4.69, 9.17) is 9.15 Å². The maximum atomic E-state index is 12.4. The summed E-state index contributed by atoms with van der Waals surface area (Å²) in [6, 6.07) is 15.6. The van der Waals surface area contributed by atoms with E-state index < -0.39 is 0 Å². The second-order valence-corrected chi connectivity index (χ2v) is 7.56. The molecule has 0 fully saturated rings. The normalized spacial score (nSPS) is 11.8. The number of para-hydroxylation sites is 1. The van der Waals surface area contributed by atoms with E-state index in [1.54, 1.807) is 0 Å². The zero-order valence-electron chi connectivity index (χ0n) is 16.1. The van der Waals surface area contributed by atoms with Crippen molar-refractivity contribution in [2.45, 2.75) is 37.8 Å². The topological polar surface area (TPSA) is 77.2 Å². The highest BCUT2D eigenvalue weighted by molar-refractivity contribution is 8.00. The second-order valence-electron chi connectivity index (χ2n) is 6.27. The molecule has 0 spiro atoms. The second kappa shape index (κ2) is 9.41. The van der Waals surface area contributed by atoms with E-state index in [1.165, 1.54) is 17.3 Å². The van der Waals surface area contributed by atoms with Gasteiger partial charge in [-0.25, -0.2) is 0 Å². The van der Waals surface area contributed by atoms with Gasteiger partial charge >= 0.3 is 0 Å². The fraction of sp³-hybridized carbons (Fsp3) is 0.286. The van der Waals surface area contributed by atoms with Crippen molar-refractivity contribution in [1.82, 2.24) is 15.5 Å². The molecule has 146 valence electrons. The zero-order valence-corrected chi connectivity index (χ0v) is 17.0. The van der Waals surface area contributed by atoms with E-state index in [0.717, 1.165) is 11.1 Å². The number of hydrogen-bond donors (Lipinski definition) is 1.